The maximum Gasteiger partial charge on any atom is 0.307 e. The Hall–Kier alpha value is -2.07. The Kier molecular flexibility index (Phi) is 8.44. The highest BCUT2D eigenvalue weighted by Crippen LogP contribution is 2.39. The van der Waals surface area contributed by atoms with Crippen molar-refractivity contribution >= 4 is 16.7 Å². The van der Waals surface area contributed by atoms with Crippen LogP contribution in [0.5, 0.6) is 5.75 Å². The molecule has 0 radical (unpaired) electrons. The van der Waals surface area contributed by atoms with E-state index in [2.05, 4.69) is 62.5 Å². The Morgan fingerprint density at radius 3 is 2.24 bits per heavy atom. The van der Waals surface area contributed by atoms with E-state index in [1.807, 2.05) is 20.8 Å². The van der Waals surface area contributed by atoms with Gasteiger partial charge in [0.2, 0.25) is 0 Å². The van der Waals surface area contributed by atoms with E-state index in [-0.39, 0.29) is 5.97 Å². The van der Waals surface area contributed by atoms with Gasteiger partial charge in [0.15, 0.2) is 0 Å². The summed E-state index contributed by atoms with van der Waals surface area (Å²) in [5.41, 5.74) is 1.28. The predicted molar refractivity (Wildman–Crippen MR) is 137 cm³/mol. The molecule has 0 heterocycles. The van der Waals surface area contributed by atoms with E-state index in [0.29, 0.717) is 24.5 Å². The Morgan fingerprint density at radius 2 is 1.58 bits per heavy atom. The van der Waals surface area contributed by atoms with Crippen molar-refractivity contribution in [1.82, 2.24) is 5.32 Å². The fourth-order valence-electron chi connectivity index (χ4n) is 4.68. The summed E-state index contributed by atoms with van der Waals surface area (Å²) < 4.78 is 11.7. The first-order valence-electron chi connectivity index (χ1n) is 12.6. The Balaban J connectivity index is 1.44. The minimum atomic E-state index is -0.418. The maximum absolute atomic E-state index is 11.8. The van der Waals surface area contributed by atoms with Gasteiger partial charge in [0.05, 0.1) is 12.5 Å². The lowest BCUT2D eigenvalue weighted by atomic mass is 9.72. The summed E-state index contributed by atoms with van der Waals surface area (Å²) in [5, 5.41) is 5.81. The van der Waals surface area contributed by atoms with Gasteiger partial charge in [-0.15, -0.1) is 0 Å². The highest BCUT2D eigenvalue weighted by atomic mass is 16.6. The molecular weight excluding hydrogens is 410 g/mol. The van der Waals surface area contributed by atoms with Crippen LogP contribution in [0.4, 0.5) is 0 Å². The minimum Gasteiger partial charge on any atom is -0.490 e. The minimum absolute atomic E-state index is 0.152. The summed E-state index contributed by atoms with van der Waals surface area (Å²) in [6.45, 7) is 14.2. The molecular formula is C29H43NO3. The van der Waals surface area contributed by atoms with E-state index in [9.17, 15) is 4.79 Å². The van der Waals surface area contributed by atoms with E-state index < -0.39 is 5.60 Å². The average molecular weight is 454 g/mol. The fraction of sp³-hybridized carbons (Fsp3) is 0.621. The molecule has 1 saturated carbocycles. The molecule has 0 amide bonds. The number of carbonyl (C=O) groups excluding carboxylic acids is 1. The number of rotatable bonds is 8. The van der Waals surface area contributed by atoms with Crippen LogP contribution in [-0.2, 0) is 16.0 Å². The van der Waals surface area contributed by atoms with Crippen LogP contribution >= 0.6 is 0 Å². The van der Waals surface area contributed by atoms with Crippen LogP contribution in [0.15, 0.2) is 36.4 Å². The topological polar surface area (TPSA) is 47.6 Å². The number of carbonyl (C=O) groups is 1. The van der Waals surface area contributed by atoms with Crippen molar-refractivity contribution < 1.29 is 14.3 Å². The Bertz CT molecular complexity index is 915. The molecule has 2 aromatic rings. The van der Waals surface area contributed by atoms with Gasteiger partial charge in [-0.25, -0.2) is 0 Å². The van der Waals surface area contributed by atoms with Crippen molar-refractivity contribution in [1.29, 1.82) is 0 Å². The van der Waals surface area contributed by atoms with Gasteiger partial charge in [-0.2, -0.15) is 0 Å². The van der Waals surface area contributed by atoms with Crippen LogP contribution in [0.2, 0.25) is 0 Å². The van der Waals surface area contributed by atoms with Crippen molar-refractivity contribution in [2.24, 2.45) is 11.3 Å². The van der Waals surface area contributed by atoms with E-state index >= 15 is 0 Å². The van der Waals surface area contributed by atoms with E-state index in [1.165, 1.54) is 29.2 Å². The first kappa shape index (κ1) is 25.6. The van der Waals surface area contributed by atoms with Gasteiger partial charge in [0.1, 0.15) is 11.4 Å². The van der Waals surface area contributed by atoms with Gasteiger partial charge >= 0.3 is 5.97 Å². The molecule has 4 nitrogen and oxygen atoms in total. The zero-order chi connectivity index (χ0) is 24.1. The van der Waals surface area contributed by atoms with Crippen molar-refractivity contribution in [2.45, 2.75) is 91.8 Å². The van der Waals surface area contributed by atoms with Crippen LogP contribution in [0.25, 0.3) is 10.8 Å². The van der Waals surface area contributed by atoms with Gasteiger partial charge in [-0.05, 0) is 99.2 Å². The second-order valence-corrected chi connectivity index (χ2v) is 11.6. The van der Waals surface area contributed by atoms with Gasteiger partial charge in [0.25, 0.3) is 0 Å². The summed E-state index contributed by atoms with van der Waals surface area (Å²) >= 11 is 0. The number of hydrogen-bond donors (Lipinski definition) is 1. The highest BCUT2D eigenvalue weighted by Gasteiger charge is 2.30. The van der Waals surface area contributed by atoms with Gasteiger partial charge in [0, 0.05) is 6.54 Å². The smallest absolute Gasteiger partial charge is 0.307 e. The second-order valence-electron chi connectivity index (χ2n) is 11.6. The molecule has 0 aliphatic heterocycles. The monoisotopic (exact) mass is 453 g/mol. The molecule has 0 aromatic heterocycles. The largest absolute Gasteiger partial charge is 0.490 e. The predicted octanol–water partition coefficient (Wildman–Crippen LogP) is 6.69. The first-order valence-corrected chi connectivity index (χ1v) is 12.6. The van der Waals surface area contributed by atoms with Crippen molar-refractivity contribution in [3.8, 4) is 5.75 Å². The van der Waals surface area contributed by atoms with Crippen LogP contribution < -0.4 is 10.1 Å². The Morgan fingerprint density at radius 1 is 0.909 bits per heavy atom. The lowest BCUT2D eigenvalue weighted by Crippen LogP contribution is -2.30. The molecule has 0 saturated heterocycles. The maximum atomic E-state index is 11.8. The summed E-state index contributed by atoms with van der Waals surface area (Å²) in [6, 6.07) is 13.1. The third kappa shape index (κ3) is 8.33. The molecule has 0 spiro atoms. The summed E-state index contributed by atoms with van der Waals surface area (Å²) in [4.78, 5) is 11.8. The number of nitrogens with one attached hydrogen (secondary N) is 1. The summed E-state index contributed by atoms with van der Waals surface area (Å²) in [5.74, 6) is 1.64. The third-order valence-electron chi connectivity index (χ3n) is 6.59. The van der Waals surface area contributed by atoms with Gasteiger partial charge in [-0.3, -0.25) is 4.79 Å². The van der Waals surface area contributed by atoms with E-state index in [1.54, 1.807) is 0 Å². The number of esters is 1. The van der Waals surface area contributed by atoms with Crippen LogP contribution in [0.1, 0.15) is 79.2 Å². The summed E-state index contributed by atoms with van der Waals surface area (Å²) in [7, 11) is 0. The normalized spacial score (nSPS) is 19.5. The number of fused-ring (bicyclic) bond motifs is 1. The van der Waals surface area contributed by atoms with Crippen LogP contribution in [-0.4, -0.2) is 30.8 Å². The molecule has 182 valence electrons. The Labute approximate surface area is 200 Å². The van der Waals surface area contributed by atoms with Crippen molar-refractivity contribution in [3.63, 3.8) is 0 Å². The van der Waals surface area contributed by atoms with E-state index in [0.717, 1.165) is 37.5 Å². The van der Waals surface area contributed by atoms with E-state index in [4.69, 9.17) is 9.47 Å². The summed E-state index contributed by atoms with van der Waals surface area (Å²) in [6.07, 6.45) is 6.50. The molecule has 1 aliphatic carbocycles. The van der Waals surface area contributed by atoms with Crippen molar-refractivity contribution in [2.75, 3.05) is 13.1 Å². The molecule has 0 unspecified atom stereocenters. The van der Waals surface area contributed by atoms with Gasteiger partial charge in [-0.1, -0.05) is 45.0 Å². The molecule has 2 aromatic carbocycles. The molecule has 3 rings (SSSR count). The SMILES string of the molecule is CC(C)(C)OC(=O)CCNCCc1ccc2cc(OC3CCC(C(C)(C)C)CC3)ccc2c1. The molecule has 1 fully saturated rings. The zero-order valence-corrected chi connectivity index (χ0v) is 21.5. The van der Waals surface area contributed by atoms with Crippen LogP contribution in [0.3, 0.4) is 0 Å². The lowest BCUT2D eigenvalue weighted by Gasteiger charge is -2.37. The zero-order valence-electron chi connectivity index (χ0n) is 21.5. The molecule has 0 bridgehead atoms. The molecule has 1 N–H and O–H groups in total. The standard InChI is InChI=1S/C29H43NO3/c1-28(2,3)24-10-13-25(14-11-24)32-26-12-9-22-19-21(7-8-23(22)20-26)15-17-30-18-16-27(31)33-29(4,5)6/h7-9,12,19-20,24-25,30H,10-11,13-18H2,1-6H3. The molecule has 33 heavy (non-hydrogen) atoms. The first-order chi connectivity index (χ1) is 15.5. The molecule has 4 heteroatoms. The number of hydrogen-bond acceptors (Lipinski definition) is 4. The number of ether oxygens (including phenoxy) is 2. The average Bonchev–Trinajstić information content (AvgIpc) is 2.72. The van der Waals surface area contributed by atoms with Crippen LogP contribution in [0, 0.1) is 11.3 Å². The number of benzene rings is 2. The quantitative estimate of drug-likeness (QED) is 0.357. The molecule has 1 aliphatic rings. The second kappa shape index (κ2) is 10.9. The lowest BCUT2D eigenvalue weighted by molar-refractivity contribution is -0.154. The fourth-order valence-corrected chi connectivity index (χ4v) is 4.68. The van der Waals surface area contributed by atoms with Crippen molar-refractivity contribution in [3.05, 3.63) is 42.0 Å². The third-order valence-corrected chi connectivity index (χ3v) is 6.59. The van der Waals surface area contributed by atoms with Gasteiger partial charge < -0.3 is 14.8 Å². The highest BCUT2D eigenvalue weighted by molar-refractivity contribution is 5.84. The molecule has 0 atom stereocenters.